The Morgan fingerprint density at radius 3 is 2.67 bits per heavy atom. The van der Waals surface area contributed by atoms with E-state index in [4.69, 9.17) is 11.6 Å². The minimum Gasteiger partial charge on any atom is -0.268 e. The summed E-state index contributed by atoms with van der Waals surface area (Å²) in [6.07, 6.45) is 2.73. The van der Waals surface area contributed by atoms with Gasteiger partial charge in [0.15, 0.2) is 0 Å². The molecular formula is C17H12ClN5O4. The Kier molecular flexibility index (Phi) is 4.95. The maximum absolute atomic E-state index is 12.5. The first-order chi connectivity index (χ1) is 12.9. The molecule has 3 aromatic rings. The van der Waals surface area contributed by atoms with Gasteiger partial charge >= 0.3 is 0 Å². The zero-order chi connectivity index (χ0) is 19.6. The lowest BCUT2D eigenvalue weighted by atomic mass is 10.2. The smallest absolute Gasteiger partial charge is 0.268 e. The molecule has 0 aliphatic rings. The molecule has 0 fully saturated rings. The number of non-ortho nitro benzene ring substituents is 1. The van der Waals surface area contributed by atoms with Crippen molar-refractivity contribution in [2.45, 2.75) is 6.92 Å². The third kappa shape index (κ3) is 3.82. The summed E-state index contributed by atoms with van der Waals surface area (Å²) in [7, 11) is 0. The molecule has 1 N–H and O–H groups in total. The van der Waals surface area contributed by atoms with Gasteiger partial charge in [-0.2, -0.15) is 5.10 Å². The molecule has 3 rings (SSSR count). The fourth-order valence-electron chi connectivity index (χ4n) is 2.29. The summed E-state index contributed by atoms with van der Waals surface area (Å²) in [6.45, 7) is 1.83. The van der Waals surface area contributed by atoms with Crippen LogP contribution in [0.15, 0.2) is 52.5 Å². The van der Waals surface area contributed by atoms with Crippen molar-refractivity contribution in [1.29, 1.82) is 0 Å². The topological polar surface area (TPSA) is 119 Å². The van der Waals surface area contributed by atoms with E-state index in [0.29, 0.717) is 5.65 Å². The maximum Gasteiger partial charge on any atom is 0.271 e. The van der Waals surface area contributed by atoms with Crippen molar-refractivity contribution in [1.82, 2.24) is 14.8 Å². The second-order valence-electron chi connectivity index (χ2n) is 5.56. The predicted octanol–water partition coefficient (Wildman–Crippen LogP) is 2.33. The quantitative estimate of drug-likeness (QED) is 0.320. The third-order valence-corrected chi connectivity index (χ3v) is 3.95. The zero-order valence-electron chi connectivity index (χ0n) is 13.9. The highest BCUT2D eigenvalue weighted by Crippen LogP contribution is 2.12. The predicted molar refractivity (Wildman–Crippen MR) is 99.4 cm³/mol. The van der Waals surface area contributed by atoms with E-state index >= 15 is 0 Å². The van der Waals surface area contributed by atoms with Crippen LogP contribution in [0.1, 0.15) is 21.5 Å². The van der Waals surface area contributed by atoms with E-state index in [0.717, 1.165) is 11.8 Å². The normalized spacial score (nSPS) is 11.0. The number of hydrogen-bond donors (Lipinski definition) is 1. The van der Waals surface area contributed by atoms with Crippen molar-refractivity contribution in [3.05, 3.63) is 84.9 Å². The van der Waals surface area contributed by atoms with Crippen LogP contribution in [0.5, 0.6) is 0 Å². The molecule has 9 nitrogen and oxygen atoms in total. The average molecular weight is 386 g/mol. The van der Waals surface area contributed by atoms with E-state index in [-0.39, 0.29) is 22.0 Å². The van der Waals surface area contributed by atoms with E-state index < -0.39 is 16.4 Å². The van der Waals surface area contributed by atoms with Gasteiger partial charge in [-0.05, 0) is 30.7 Å². The molecule has 27 heavy (non-hydrogen) atoms. The van der Waals surface area contributed by atoms with Crippen LogP contribution in [0.4, 0.5) is 5.69 Å². The Balaban J connectivity index is 1.82. The van der Waals surface area contributed by atoms with Gasteiger partial charge in [-0.15, -0.1) is 0 Å². The highest BCUT2D eigenvalue weighted by atomic mass is 35.5. The number of fused-ring (bicyclic) bond motifs is 1. The van der Waals surface area contributed by atoms with Gasteiger partial charge < -0.3 is 0 Å². The minimum absolute atomic E-state index is 0.0174. The van der Waals surface area contributed by atoms with Crippen molar-refractivity contribution < 1.29 is 9.72 Å². The summed E-state index contributed by atoms with van der Waals surface area (Å²) >= 11 is 6.04. The molecule has 0 aliphatic heterocycles. The van der Waals surface area contributed by atoms with Gasteiger partial charge in [-0.25, -0.2) is 10.4 Å². The summed E-state index contributed by atoms with van der Waals surface area (Å²) in [5, 5.41) is 14.3. The highest BCUT2D eigenvalue weighted by Gasteiger charge is 2.11. The number of aryl methyl sites for hydroxylation is 1. The number of rotatable bonds is 4. The molecule has 0 saturated carbocycles. The lowest BCUT2D eigenvalue weighted by Crippen LogP contribution is -2.22. The number of halogens is 1. The Bertz CT molecular complexity index is 1140. The maximum atomic E-state index is 12.5. The number of nitrogens with one attached hydrogen (secondary N) is 1. The number of amides is 1. The van der Waals surface area contributed by atoms with E-state index in [1.165, 1.54) is 28.7 Å². The summed E-state index contributed by atoms with van der Waals surface area (Å²) in [4.78, 5) is 38.7. The second-order valence-corrected chi connectivity index (χ2v) is 5.92. The Labute approximate surface area is 157 Å². The molecule has 0 spiro atoms. The third-order valence-electron chi connectivity index (χ3n) is 3.66. The summed E-state index contributed by atoms with van der Waals surface area (Å²) in [5.41, 5.74) is 3.12. The van der Waals surface area contributed by atoms with Crippen molar-refractivity contribution >= 4 is 35.1 Å². The van der Waals surface area contributed by atoms with E-state index in [2.05, 4.69) is 15.5 Å². The monoisotopic (exact) mass is 385 g/mol. The van der Waals surface area contributed by atoms with Gasteiger partial charge in [0.05, 0.1) is 16.7 Å². The average Bonchev–Trinajstić information content (AvgIpc) is 2.65. The van der Waals surface area contributed by atoms with Crippen LogP contribution >= 0.6 is 11.6 Å². The fourth-order valence-corrected chi connectivity index (χ4v) is 2.51. The van der Waals surface area contributed by atoms with Crippen LogP contribution in [0, 0.1) is 17.0 Å². The van der Waals surface area contributed by atoms with Gasteiger partial charge in [-0.3, -0.25) is 24.1 Å². The Morgan fingerprint density at radius 1 is 1.30 bits per heavy atom. The number of hydrazone groups is 1. The van der Waals surface area contributed by atoms with E-state index in [1.807, 2.05) is 6.92 Å². The molecule has 0 aliphatic carbocycles. The lowest BCUT2D eigenvalue weighted by molar-refractivity contribution is -0.384. The molecule has 10 heteroatoms. The van der Waals surface area contributed by atoms with Crippen LogP contribution < -0.4 is 11.0 Å². The minimum atomic E-state index is -0.595. The van der Waals surface area contributed by atoms with Crippen LogP contribution in [-0.2, 0) is 0 Å². The first-order valence-corrected chi connectivity index (χ1v) is 8.01. The molecule has 0 radical (unpaired) electrons. The number of carbonyl (C=O) groups is 1. The van der Waals surface area contributed by atoms with Crippen molar-refractivity contribution in [2.24, 2.45) is 5.10 Å². The van der Waals surface area contributed by atoms with Crippen molar-refractivity contribution in [2.75, 3.05) is 0 Å². The molecule has 1 aromatic carbocycles. The Morgan fingerprint density at radius 2 is 2.00 bits per heavy atom. The van der Waals surface area contributed by atoms with Crippen LogP contribution in [0.25, 0.3) is 5.65 Å². The van der Waals surface area contributed by atoms with Crippen LogP contribution in [0.3, 0.4) is 0 Å². The molecule has 0 bridgehead atoms. The van der Waals surface area contributed by atoms with Gasteiger partial charge in [0.2, 0.25) is 0 Å². The van der Waals surface area contributed by atoms with Gasteiger partial charge in [0.1, 0.15) is 10.8 Å². The number of aromatic nitrogens is 2. The first kappa shape index (κ1) is 18.2. The summed E-state index contributed by atoms with van der Waals surface area (Å²) in [5.74, 6) is -0.595. The number of nitrogens with zero attached hydrogens (tertiary/aromatic N) is 4. The number of pyridine rings is 1. The molecule has 2 heterocycles. The summed E-state index contributed by atoms with van der Waals surface area (Å²) in [6, 6.07) is 8.47. The number of benzene rings is 1. The highest BCUT2D eigenvalue weighted by molar-refractivity contribution is 6.32. The largest absolute Gasteiger partial charge is 0.271 e. The molecule has 0 saturated heterocycles. The van der Waals surface area contributed by atoms with E-state index in [9.17, 15) is 19.7 Å². The number of nitro groups is 1. The molecule has 2 aromatic heterocycles. The first-order valence-electron chi connectivity index (χ1n) is 7.63. The van der Waals surface area contributed by atoms with Crippen LogP contribution in [-0.4, -0.2) is 26.4 Å². The number of carbonyl (C=O) groups excluding carboxylic acids is 1. The molecular weight excluding hydrogens is 374 g/mol. The fraction of sp³-hybridized carbons (Fsp3) is 0.0588. The Hall–Kier alpha value is -3.59. The van der Waals surface area contributed by atoms with Crippen molar-refractivity contribution in [3.8, 4) is 0 Å². The molecule has 0 atom stereocenters. The lowest BCUT2D eigenvalue weighted by Gasteiger charge is -2.04. The van der Waals surface area contributed by atoms with E-state index in [1.54, 1.807) is 18.3 Å². The van der Waals surface area contributed by atoms with Gasteiger partial charge in [0, 0.05) is 23.9 Å². The molecule has 0 unspecified atom stereocenters. The van der Waals surface area contributed by atoms with Gasteiger partial charge in [0.25, 0.3) is 17.2 Å². The zero-order valence-corrected chi connectivity index (χ0v) is 14.7. The van der Waals surface area contributed by atoms with Crippen LogP contribution in [0.2, 0.25) is 5.15 Å². The molecule has 136 valence electrons. The number of hydrogen-bond acceptors (Lipinski definition) is 6. The SMILES string of the molecule is Cc1ccc2nc(Cl)c(C=NNC(=O)c3ccc([N+](=O)[O-])cc3)c(=O)n2c1. The van der Waals surface area contributed by atoms with Gasteiger partial charge in [-0.1, -0.05) is 17.7 Å². The second kappa shape index (κ2) is 7.34. The number of nitro benzene ring substituents is 1. The molecule has 1 amide bonds. The standard InChI is InChI=1S/C17H12ClN5O4/c1-10-2-7-14-20-15(18)13(17(25)22(14)9-10)8-19-21-16(24)11-3-5-12(6-4-11)23(26)27/h2-9H,1H3,(H,21,24). The summed E-state index contributed by atoms with van der Waals surface area (Å²) < 4.78 is 1.33. The van der Waals surface area contributed by atoms with Crippen molar-refractivity contribution in [3.63, 3.8) is 0 Å².